The van der Waals surface area contributed by atoms with Gasteiger partial charge in [0.2, 0.25) is 0 Å². The summed E-state index contributed by atoms with van der Waals surface area (Å²) in [6.45, 7) is 4.08. The van der Waals surface area contributed by atoms with Crippen molar-refractivity contribution in [2.75, 3.05) is 0 Å². The third-order valence-corrected chi connectivity index (χ3v) is 3.80. The third kappa shape index (κ3) is 3.41. The Balaban J connectivity index is 0.000000383. The van der Waals surface area contributed by atoms with Crippen molar-refractivity contribution in [2.45, 2.75) is 20.3 Å². The number of H-pyrrole nitrogens is 1. The van der Waals surface area contributed by atoms with E-state index >= 15 is 0 Å². The lowest BCUT2D eigenvalue weighted by Crippen LogP contribution is -1.99. The lowest BCUT2D eigenvalue weighted by atomic mass is 10.0. The van der Waals surface area contributed by atoms with Crippen LogP contribution in [0.5, 0.6) is 0 Å². The summed E-state index contributed by atoms with van der Waals surface area (Å²) in [5.74, 6) is 0.950. The van der Waals surface area contributed by atoms with Gasteiger partial charge in [-0.1, -0.05) is 29.8 Å². The Morgan fingerprint density at radius 1 is 1.04 bits per heavy atom. The maximum absolute atomic E-state index is 8.44. The van der Waals surface area contributed by atoms with Crippen LogP contribution in [0.25, 0.3) is 11.0 Å². The molecule has 4 rings (SSSR count). The number of aromatic nitrogens is 2. The minimum absolute atomic E-state index is 0.895. The molecule has 1 aliphatic heterocycles. The van der Waals surface area contributed by atoms with Gasteiger partial charge >= 0.3 is 10.6 Å². The summed E-state index contributed by atoms with van der Waals surface area (Å²) >= 11 is 0. The first kappa shape index (κ1) is 16.1. The first-order chi connectivity index (χ1) is 11.4. The number of imidazole rings is 1. The summed E-state index contributed by atoms with van der Waals surface area (Å²) < 4.78 is 25.3. The first-order valence-corrected chi connectivity index (χ1v) is 8.33. The van der Waals surface area contributed by atoms with Crippen LogP contribution in [0.2, 0.25) is 0 Å². The van der Waals surface area contributed by atoms with E-state index in [1.54, 1.807) is 0 Å². The van der Waals surface area contributed by atoms with Gasteiger partial charge in [-0.3, -0.25) is 4.99 Å². The molecule has 0 saturated heterocycles. The fraction of sp³-hybridized carbons (Fsp3) is 0.176. The Bertz CT molecular complexity index is 1040. The maximum Gasteiger partial charge on any atom is 0.425 e. The molecular weight excluding hydrogens is 326 g/mol. The summed E-state index contributed by atoms with van der Waals surface area (Å²) in [5, 5.41) is 0. The number of aryl methyl sites for hydroxylation is 2. The summed E-state index contributed by atoms with van der Waals surface area (Å²) in [6, 6.07) is 12.8. The van der Waals surface area contributed by atoms with Crippen LogP contribution >= 0.6 is 0 Å². The van der Waals surface area contributed by atoms with E-state index < -0.39 is 10.6 Å². The second-order valence-electron chi connectivity index (χ2n) is 5.63. The van der Waals surface area contributed by atoms with Gasteiger partial charge in [0.25, 0.3) is 0 Å². The fourth-order valence-electron chi connectivity index (χ4n) is 2.74. The zero-order valence-electron chi connectivity index (χ0n) is 13.2. The molecule has 6 nitrogen and oxygen atoms in total. The molecule has 0 amide bonds. The Hall–Kier alpha value is -2.80. The van der Waals surface area contributed by atoms with Gasteiger partial charge in [0, 0.05) is 6.42 Å². The minimum Gasteiger partial charge on any atom is -0.342 e. The van der Waals surface area contributed by atoms with Crippen LogP contribution in [0, 0.1) is 13.8 Å². The molecule has 0 radical (unpaired) electrons. The molecule has 2 aromatic carbocycles. The van der Waals surface area contributed by atoms with E-state index in [-0.39, 0.29) is 0 Å². The molecule has 0 unspecified atom stereocenters. The molecule has 0 fully saturated rings. The third-order valence-electron chi connectivity index (χ3n) is 3.80. The SMILES string of the molecule is Cc1ccc(C2=Nc3cc4nc(C)[nH]c4cc3C2)cc1.O=S(=O)=O. The van der Waals surface area contributed by atoms with Crippen molar-refractivity contribution >= 4 is 33.0 Å². The molecule has 3 aromatic rings. The number of rotatable bonds is 1. The molecule has 0 atom stereocenters. The van der Waals surface area contributed by atoms with Crippen molar-refractivity contribution in [1.29, 1.82) is 0 Å². The average molecular weight is 341 g/mol. The molecule has 1 aromatic heterocycles. The highest BCUT2D eigenvalue weighted by Gasteiger charge is 2.17. The largest absolute Gasteiger partial charge is 0.425 e. The molecule has 0 spiro atoms. The topological polar surface area (TPSA) is 92.2 Å². The molecule has 122 valence electrons. The molecule has 1 aliphatic rings. The Kier molecular flexibility index (Phi) is 4.26. The number of nitrogens with one attached hydrogen (secondary N) is 1. The van der Waals surface area contributed by atoms with Gasteiger partial charge in [0.15, 0.2) is 0 Å². The van der Waals surface area contributed by atoms with Gasteiger partial charge in [-0.25, -0.2) is 4.98 Å². The van der Waals surface area contributed by atoms with E-state index in [0.717, 1.165) is 34.7 Å². The lowest BCUT2D eigenvalue weighted by molar-refractivity contribution is 0.559. The predicted octanol–water partition coefficient (Wildman–Crippen LogP) is 2.85. The summed E-state index contributed by atoms with van der Waals surface area (Å²) in [4.78, 5) is 12.5. The van der Waals surface area contributed by atoms with Crippen molar-refractivity contribution in [3.63, 3.8) is 0 Å². The highest BCUT2D eigenvalue weighted by molar-refractivity contribution is 7.59. The van der Waals surface area contributed by atoms with Crippen molar-refractivity contribution in [1.82, 2.24) is 9.97 Å². The number of hydrogen-bond donors (Lipinski definition) is 1. The van der Waals surface area contributed by atoms with Gasteiger partial charge in [-0.15, -0.1) is 12.6 Å². The number of fused-ring (bicyclic) bond motifs is 2. The lowest BCUT2D eigenvalue weighted by Gasteiger charge is -2.00. The summed E-state index contributed by atoms with van der Waals surface area (Å²) in [7, 11) is -3.11. The number of benzene rings is 2. The Morgan fingerprint density at radius 2 is 1.71 bits per heavy atom. The van der Waals surface area contributed by atoms with Crippen molar-refractivity contribution in [3.05, 3.63) is 58.9 Å². The van der Waals surface area contributed by atoms with Gasteiger partial charge in [-0.2, -0.15) is 0 Å². The molecule has 0 saturated carbocycles. The predicted molar refractivity (Wildman–Crippen MR) is 91.6 cm³/mol. The summed E-state index contributed by atoms with van der Waals surface area (Å²) in [6.07, 6.45) is 0.895. The zero-order valence-corrected chi connectivity index (χ0v) is 14.0. The van der Waals surface area contributed by atoms with E-state index in [1.807, 2.05) is 6.92 Å². The van der Waals surface area contributed by atoms with Crippen molar-refractivity contribution < 1.29 is 12.6 Å². The average Bonchev–Trinajstić information content (AvgIpc) is 3.06. The maximum atomic E-state index is 8.44. The number of aliphatic imine (C=N–C) groups is 1. The van der Waals surface area contributed by atoms with Gasteiger partial charge in [-0.05, 0) is 37.1 Å². The number of nitrogens with zero attached hydrogens (tertiary/aromatic N) is 2. The molecule has 24 heavy (non-hydrogen) atoms. The molecule has 7 heteroatoms. The summed E-state index contributed by atoms with van der Waals surface area (Å²) in [5.41, 5.74) is 8.05. The van der Waals surface area contributed by atoms with Gasteiger partial charge in [0.05, 0.1) is 22.4 Å². The van der Waals surface area contributed by atoms with Crippen LogP contribution in [0.3, 0.4) is 0 Å². The van der Waals surface area contributed by atoms with Crippen molar-refractivity contribution in [2.24, 2.45) is 4.99 Å². The molecular formula is C17H15N3O3S. The normalized spacial score (nSPS) is 12.3. The second-order valence-corrected chi connectivity index (χ2v) is 6.03. The molecule has 0 bridgehead atoms. The quantitative estimate of drug-likeness (QED) is 0.736. The zero-order chi connectivity index (χ0) is 17.3. The van der Waals surface area contributed by atoms with E-state index in [9.17, 15) is 0 Å². The van der Waals surface area contributed by atoms with Crippen LogP contribution in [0.15, 0.2) is 41.4 Å². The Labute approximate surface area is 140 Å². The first-order valence-electron chi connectivity index (χ1n) is 7.33. The molecule has 0 aliphatic carbocycles. The van der Waals surface area contributed by atoms with E-state index in [4.69, 9.17) is 17.6 Å². The van der Waals surface area contributed by atoms with E-state index in [1.165, 1.54) is 16.7 Å². The fourth-order valence-corrected chi connectivity index (χ4v) is 2.74. The van der Waals surface area contributed by atoms with E-state index in [0.29, 0.717) is 0 Å². The van der Waals surface area contributed by atoms with Crippen LogP contribution in [0.1, 0.15) is 22.5 Å². The Morgan fingerprint density at radius 3 is 2.38 bits per heavy atom. The second kappa shape index (κ2) is 6.37. The highest BCUT2D eigenvalue weighted by Crippen LogP contribution is 2.32. The van der Waals surface area contributed by atoms with E-state index in [2.05, 4.69) is 53.3 Å². The van der Waals surface area contributed by atoms with Gasteiger partial charge < -0.3 is 4.98 Å². The highest BCUT2D eigenvalue weighted by atomic mass is 32.2. The smallest absolute Gasteiger partial charge is 0.342 e. The molecule has 2 heterocycles. The van der Waals surface area contributed by atoms with Crippen LogP contribution in [0.4, 0.5) is 5.69 Å². The monoisotopic (exact) mass is 341 g/mol. The number of hydrogen-bond acceptors (Lipinski definition) is 5. The van der Waals surface area contributed by atoms with Gasteiger partial charge in [0.1, 0.15) is 5.82 Å². The number of aromatic amines is 1. The minimum atomic E-state index is -3.11. The standard InChI is InChI=1S/C17H15N3.O3S/c1-10-3-5-12(6-4-10)14-7-13-8-16-17(9-15(13)20-14)19-11(2)18-16;1-4(2)3/h3-6,8-9H,7H2,1-2H3,(H,18,19);. The van der Waals surface area contributed by atoms with Crippen LogP contribution < -0.4 is 0 Å². The van der Waals surface area contributed by atoms with Crippen LogP contribution in [-0.2, 0) is 17.0 Å². The van der Waals surface area contributed by atoms with Crippen LogP contribution in [-0.4, -0.2) is 28.3 Å². The molecule has 1 N–H and O–H groups in total. The van der Waals surface area contributed by atoms with Crippen molar-refractivity contribution in [3.8, 4) is 0 Å².